The predicted molar refractivity (Wildman–Crippen MR) is 91.1 cm³/mol. The van der Waals surface area contributed by atoms with Gasteiger partial charge in [-0.05, 0) is 24.1 Å². The molecule has 2 N–H and O–H groups in total. The van der Waals surface area contributed by atoms with Crippen LogP contribution in [0.2, 0.25) is 5.02 Å². The molecule has 0 radical (unpaired) electrons. The average molecular weight is 391 g/mol. The van der Waals surface area contributed by atoms with Crippen LogP contribution in [0.25, 0.3) is 0 Å². The molecule has 10 heteroatoms. The van der Waals surface area contributed by atoms with E-state index in [1.54, 1.807) is 0 Å². The second kappa shape index (κ2) is 8.03. The number of nitrogens with one attached hydrogen (secondary N) is 1. The van der Waals surface area contributed by atoms with E-state index in [9.17, 15) is 23.1 Å². The Morgan fingerprint density at radius 1 is 1.44 bits per heavy atom. The number of ether oxygens (including phenoxy) is 1. The van der Waals surface area contributed by atoms with Gasteiger partial charge < -0.3 is 15.2 Å². The summed E-state index contributed by atoms with van der Waals surface area (Å²) in [7, 11) is -1.85. The van der Waals surface area contributed by atoms with Gasteiger partial charge in [0.05, 0.1) is 17.9 Å². The average Bonchev–Trinajstić information content (AvgIpc) is 2.88. The number of rotatable bonds is 7. The summed E-state index contributed by atoms with van der Waals surface area (Å²) < 4.78 is 29.6. The van der Waals surface area contributed by atoms with Crippen molar-refractivity contribution in [3.05, 3.63) is 28.8 Å². The third-order valence-electron chi connectivity index (χ3n) is 3.85. The zero-order chi connectivity index (χ0) is 18.6. The number of methoxy groups -OCH3 is 1. The van der Waals surface area contributed by atoms with E-state index in [-0.39, 0.29) is 23.7 Å². The van der Waals surface area contributed by atoms with Crippen LogP contribution >= 0.6 is 11.6 Å². The maximum Gasteiger partial charge on any atom is 0.330 e. The molecule has 0 aromatic heterocycles. The molecule has 1 saturated heterocycles. The normalized spacial score (nSPS) is 17.8. The van der Waals surface area contributed by atoms with E-state index in [2.05, 4.69) is 5.32 Å². The van der Waals surface area contributed by atoms with Crippen LogP contribution in [0, 0.1) is 0 Å². The second-order valence-corrected chi connectivity index (χ2v) is 8.05. The Labute approximate surface area is 150 Å². The molecule has 2 rings (SSSR count). The van der Waals surface area contributed by atoms with E-state index in [0.717, 1.165) is 0 Å². The summed E-state index contributed by atoms with van der Waals surface area (Å²) in [6.45, 7) is 0.413. The summed E-state index contributed by atoms with van der Waals surface area (Å²) in [6, 6.07) is 3.13. The molecule has 0 saturated carbocycles. The Morgan fingerprint density at radius 3 is 2.68 bits per heavy atom. The number of sulfonamides is 1. The van der Waals surface area contributed by atoms with Crippen molar-refractivity contribution < 1.29 is 27.9 Å². The number of carboxylic acids is 1. The van der Waals surface area contributed by atoms with Crippen molar-refractivity contribution in [1.82, 2.24) is 9.62 Å². The number of aliphatic carboxylic acids is 1. The molecule has 1 aliphatic heterocycles. The van der Waals surface area contributed by atoms with Crippen LogP contribution < -0.4 is 10.1 Å². The highest BCUT2D eigenvalue weighted by Crippen LogP contribution is 2.27. The van der Waals surface area contributed by atoms with Gasteiger partial charge in [-0.1, -0.05) is 17.7 Å². The molecule has 0 bridgehead atoms. The molecule has 138 valence electrons. The third kappa shape index (κ3) is 4.83. The fourth-order valence-corrected chi connectivity index (χ4v) is 4.35. The lowest BCUT2D eigenvalue weighted by molar-refractivity contribution is -0.142. The first kappa shape index (κ1) is 19.5. The van der Waals surface area contributed by atoms with E-state index in [1.165, 1.54) is 29.6 Å². The van der Waals surface area contributed by atoms with Crippen LogP contribution in [0.5, 0.6) is 5.75 Å². The number of benzene rings is 1. The van der Waals surface area contributed by atoms with Gasteiger partial charge in [-0.15, -0.1) is 0 Å². The van der Waals surface area contributed by atoms with Crippen LogP contribution in [-0.4, -0.2) is 55.7 Å². The van der Waals surface area contributed by atoms with Gasteiger partial charge in [0.15, 0.2) is 6.04 Å². The van der Waals surface area contributed by atoms with Gasteiger partial charge in [0.25, 0.3) is 0 Å². The summed E-state index contributed by atoms with van der Waals surface area (Å²) in [4.78, 5) is 23.5. The van der Waals surface area contributed by atoms with Crippen LogP contribution in [0.15, 0.2) is 18.2 Å². The highest BCUT2D eigenvalue weighted by molar-refractivity contribution is 7.89. The lowest BCUT2D eigenvalue weighted by Gasteiger charge is -2.18. The molecule has 25 heavy (non-hydrogen) atoms. The van der Waals surface area contributed by atoms with Gasteiger partial charge in [0, 0.05) is 19.5 Å². The number of carboxylic acid groups (broad SMARTS) is 1. The monoisotopic (exact) mass is 390 g/mol. The predicted octanol–water partition coefficient (Wildman–Crippen LogP) is 1.02. The minimum absolute atomic E-state index is 0.0316. The Bertz CT molecular complexity index is 767. The topological polar surface area (TPSA) is 113 Å². The summed E-state index contributed by atoms with van der Waals surface area (Å²) >= 11 is 5.99. The Hall–Kier alpha value is -1.84. The second-order valence-electron chi connectivity index (χ2n) is 5.55. The van der Waals surface area contributed by atoms with Crippen molar-refractivity contribution in [2.24, 2.45) is 0 Å². The van der Waals surface area contributed by atoms with Crippen LogP contribution in [-0.2, 0) is 19.6 Å². The maximum atomic E-state index is 12.1. The maximum absolute atomic E-state index is 12.1. The van der Waals surface area contributed by atoms with Gasteiger partial charge in [-0.3, -0.25) is 4.79 Å². The van der Waals surface area contributed by atoms with Crippen LogP contribution in [0.4, 0.5) is 0 Å². The van der Waals surface area contributed by atoms with Gasteiger partial charge in [0.1, 0.15) is 5.75 Å². The van der Waals surface area contributed by atoms with Gasteiger partial charge in [0.2, 0.25) is 15.9 Å². The standard InChI is InChI=1S/C15H19ClN2O6S/c1-24-12-4-3-10(9-11(12)16)14(15(20)21)17-13(19)5-7-18-6-2-8-25(18,22)23/h3-4,9,14H,2,5-8H2,1H3,(H,17,19)(H,20,21). The van der Waals surface area contributed by atoms with E-state index < -0.39 is 27.9 Å². The minimum atomic E-state index is -3.29. The quantitative estimate of drug-likeness (QED) is 0.718. The molecule has 1 unspecified atom stereocenters. The molecule has 1 aliphatic rings. The molecule has 1 atom stereocenters. The number of nitrogens with zero attached hydrogens (tertiary/aromatic N) is 1. The number of hydrogen-bond donors (Lipinski definition) is 2. The lowest BCUT2D eigenvalue weighted by Crippen LogP contribution is -2.36. The van der Waals surface area contributed by atoms with Crippen molar-refractivity contribution >= 4 is 33.5 Å². The number of carbonyl (C=O) groups is 2. The number of amides is 1. The zero-order valence-corrected chi connectivity index (χ0v) is 15.1. The molecule has 0 aliphatic carbocycles. The van der Waals surface area contributed by atoms with Gasteiger partial charge >= 0.3 is 5.97 Å². The van der Waals surface area contributed by atoms with E-state index in [4.69, 9.17) is 16.3 Å². The summed E-state index contributed by atoms with van der Waals surface area (Å²) in [5.41, 5.74) is 0.292. The van der Waals surface area contributed by atoms with E-state index >= 15 is 0 Å². The summed E-state index contributed by atoms with van der Waals surface area (Å²) in [6.07, 6.45) is 0.416. The van der Waals surface area contributed by atoms with E-state index in [0.29, 0.717) is 24.3 Å². The minimum Gasteiger partial charge on any atom is -0.495 e. The molecule has 1 fully saturated rings. The summed E-state index contributed by atoms with van der Waals surface area (Å²) in [5.74, 6) is -1.33. The van der Waals surface area contributed by atoms with Crippen molar-refractivity contribution in [2.45, 2.75) is 18.9 Å². The number of halogens is 1. The lowest BCUT2D eigenvalue weighted by atomic mass is 10.1. The van der Waals surface area contributed by atoms with Crippen LogP contribution in [0.3, 0.4) is 0 Å². The Balaban J connectivity index is 2.02. The van der Waals surface area contributed by atoms with Crippen molar-refractivity contribution in [2.75, 3.05) is 26.0 Å². The molecule has 1 aromatic rings. The summed E-state index contributed by atoms with van der Waals surface area (Å²) in [5, 5.41) is 12.0. The molecule has 0 spiro atoms. The molecule has 1 heterocycles. The molecule has 1 aromatic carbocycles. The SMILES string of the molecule is COc1ccc(C(NC(=O)CCN2CCCS2(=O)=O)C(=O)O)cc1Cl. The fourth-order valence-electron chi connectivity index (χ4n) is 2.55. The first-order chi connectivity index (χ1) is 11.7. The Kier molecular flexibility index (Phi) is 6.26. The first-order valence-electron chi connectivity index (χ1n) is 7.58. The Morgan fingerprint density at radius 2 is 2.16 bits per heavy atom. The van der Waals surface area contributed by atoms with E-state index in [1.807, 2.05) is 0 Å². The fraction of sp³-hybridized carbons (Fsp3) is 0.467. The first-order valence-corrected chi connectivity index (χ1v) is 9.56. The molecule has 1 amide bonds. The largest absolute Gasteiger partial charge is 0.495 e. The highest BCUT2D eigenvalue weighted by atomic mass is 35.5. The van der Waals surface area contributed by atoms with Crippen molar-refractivity contribution in [3.8, 4) is 5.75 Å². The highest BCUT2D eigenvalue weighted by Gasteiger charge is 2.29. The van der Waals surface area contributed by atoms with Gasteiger partial charge in [-0.25, -0.2) is 17.5 Å². The number of carbonyl (C=O) groups excluding carboxylic acids is 1. The zero-order valence-electron chi connectivity index (χ0n) is 13.6. The van der Waals surface area contributed by atoms with Crippen molar-refractivity contribution in [3.63, 3.8) is 0 Å². The smallest absolute Gasteiger partial charge is 0.330 e. The third-order valence-corrected chi connectivity index (χ3v) is 6.10. The molecular weight excluding hydrogens is 372 g/mol. The van der Waals surface area contributed by atoms with Gasteiger partial charge in [-0.2, -0.15) is 0 Å². The number of hydrogen-bond acceptors (Lipinski definition) is 5. The molecule has 8 nitrogen and oxygen atoms in total. The molecular formula is C15H19ClN2O6S. The van der Waals surface area contributed by atoms with Crippen molar-refractivity contribution in [1.29, 1.82) is 0 Å². The van der Waals surface area contributed by atoms with Crippen LogP contribution in [0.1, 0.15) is 24.4 Å².